The summed E-state index contributed by atoms with van der Waals surface area (Å²) >= 11 is 0. The van der Waals surface area contributed by atoms with Gasteiger partial charge in [0.15, 0.2) is 5.60 Å². The molecule has 3 amide bonds. The number of nitrogens with one attached hydrogen (secondary N) is 1. The SMILES string of the molecule is CCOC(=O)C1(C)OC1C(Cc1ccccc1)NC(=O)C(C)C(OC)C1CCCN1C(=O)CC(OC)C(C(C)CC)N(C)C(=O)C(N)C(C)C. The van der Waals surface area contributed by atoms with Gasteiger partial charge in [-0.05, 0) is 50.5 Å². The monoisotopic (exact) mass is 702 g/mol. The molecule has 0 bridgehead atoms. The largest absolute Gasteiger partial charge is 0.464 e. The van der Waals surface area contributed by atoms with Crippen molar-refractivity contribution in [2.24, 2.45) is 23.5 Å². The van der Waals surface area contributed by atoms with E-state index in [1.165, 1.54) is 0 Å². The lowest BCUT2D eigenvalue weighted by Crippen LogP contribution is -2.56. The summed E-state index contributed by atoms with van der Waals surface area (Å²) in [4.78, 5) is 57.5. The minimum atomic E-state index is -1.15. The van der Waals surface area contributed by atoms with Crippen LogP contribution in [0.3, 0.4) is 0 Å². The molecule has 1 aromatic rings. The molecule has 10 unspecified atom stereocenters. The van der Waals surface area contributed by atoms with Gasteiger partial charge in [0.05, 0.1) is 55.3 Å². The van der Waals surface area contributed by atoms with Gasteiger partial charge in [-0.1, -0.05) is 71.4 Å². The van der Waals surface area contributed by atoms with E-state index in [2.05, 4.69) is 19.2 Å². The van der Waals surface area contributed by atoms with Crippen LogP contribution in [-0.2, 0) is 44.5 Å². The third-order valence-electron chi connectivity index (χ3n) is 10.8. The van der Waals surface area contributed by atoms with Gasteiger partial charge in [0.2, 0.25) is 17.7 Å². The average Bonchev–Trinajstić information content (AvgIpc) is 3.57. The maximum Gasteiger partial charge on any atom is 0.340 e. The fourth-order valence-corrected chi connectivity index (χ4v) is 7.38. The highest BCUT2D eigenvalue weighted by molar-refractivity contribution is 5.84. The van der Waals surface area contributed by atoms with Gasteiger partial charge >= 0.3 is 5.97 Å². The highest BCUT2D eigenvalue weighted by Crippen LogP contribution is 2.41. The lowest BCUT2D eigenvalue weighted by molar-refractivity contribution is -0.148. The third kappa shape index (κ3) is 9.63. The van der Waals surface area contributed by atoms with Crippen LogP contribution in [0.2, 0.25) is 0 Å². The number of hydrogen-bond donors (Lipinski definition) is 2. The van der Waals surface area contributed by atoms with E-state index in [0.717, 1.165) is 18.4 Å². The van der Waals surface area contributed by atoms with Crippen LogP contribution < -0.4 is 11.1 Å². The van der Waals surface area contributed by atoms with Crippen LogP contribution >= 0.6 is 0 Å². The fraction of sp³-hybridized carbons (Fsp3) is 0.737. The standard InChI is InChI=1S/C38H62N4O8/c1-11-24(5)32(41(8)36(45)31(39)23(3)4)29(47-9)22-30(43)42-20-16-19-28(42)33(48-10)25(6)35(44)40-27(21-26-17-14-13-15-18-26)34-38(7,50-34)37(46)49-12-2/h13-15,17-18,23-25,27-29,31-34H,11-12,16,19-22,39H2,1-10H3,(H,40,44). The first-order valence-corrected chi connectivity index (χ1v) is 18.2. The van der Waals surface area contributed by atoms with Gasteiger partial charge in [0.1, 0.15) is 6.10 Å². The van der Waals surface area contributed by atoms with Crippen LogP contribution in [-0.4, -0.2) is 116 Å². The number of methoxy groups -OCH3 is 2. The summed E-state index contributed by atoms with van der Waals surface area (Å²) in [7, 11) is 4.88. The summed E-state index contributed by atoms with van der Waals surface area (Å²) < 4.78 is 23.1. The Labute approximate surface area is 299 Å². The van der Waals surface area contributed by atoms with Crippen LogP contribution in [0.15, 0.2) is 30.3 Å². The molecule has 0 aliphatic carbocycles. The predicted octanol–water partition coefficient (Wildman–Crippen LogP) is 3.34. The second kappa shape index (κ2) is 18.4. The molecule has 2 saturated heterocycles. The molecule has 10 atom stereocenters. The quantitative estimate of drug-likeness (QED) is 0.163. The molecule has 0 aromatic heterocycles. The van der Waals surface area contributed by atoms with Crippen molar-refractivity contribution in [3.05, 3.63) is 35.9 Å². The Morgan fingerprint density at radius 2 is 1.74 bits per heavy atom. The molecule has 2 aliphatic rings. The fourth-order valence-electron chi connectivity index (χ4n) is 7.38. The highest BCUT2D eigenvalue weighted by Gasteiger charge is 2.63. The van der Waals surface area contributed by atoms with Crippen molar-refractivity contribution in [2.75, 3.05) is 34.4 Å². The zero-order valence-corrected chi connectivity index (χ0v) is 31.8. The summed E-state index contributed by atoms with van der Waals surface area (Å²) in [6.07, 6.45) is 1.05. The van der Waals surface area contributed by atoms with E-state index in [-0.39, 0.29) is 54.7 Å². The van der Waals surface area contributed by atoms with Crippen molar-refractivity contribution in [2.45, 2.75) is 129 Å². The van der Waals surface area contributed by atoms with Crippen molar-refractivity contribution in [3.63, 3.8) is 0 Å². The van der Waals surface area contributed by atoms with Crippen molar-refractivity contribution in [1.29, 1.82) is 0 Å². The number of nitrogens with zero attached hydrogens (tertiary/aromatic N) is 2. The molecule has 0 radical (unpaired) electrons. The van der Waals surface area contributed by atoms with Crippen LogP contribution in [0.1, 0.15) is 79.7 Å². The molecule has 3 N–H and O–H groups in total. The number of likely N-dealkylation sites (N-methyl/N-ethyl adjacent to an activating group) is 1. The highest BCUT2D eigenvalue weighted by atomic mass is 16.7. The maximum atomic E-state index is 14.1. The van der Waals surface area contributed by atoms with Gasteiger partial charge in [-0.15, -0.1) is 0 Å². The first-order chi connectivity index (χ1) is 23.7. The first kappa shape index (κ1) is 41.4. The van der Waals surface area contributed by atoms with Gasteiger partial charge < -0.3 is 39.8 Å². The minimum absolute atomic E-state index is 0.0341. The molecular weight excluding hydrogens is 640 g/mol. The van der Waals surface area contributed by atoms with Crippen molar-refractivity contribution < 1.29 is 38.1 Å². The molecule has 12 heteroatoms. The average molecular weight is 703 g/mol. The van der Waals surface area contributed by atoms with E-state index >= 15 is 0 Å². The van der Waals surface area contributed by atoms with Crippen LogP contribution in [0.4, 0.5) is 0 Å². The summed E-state index contributed by atoms with van der Waals surface area (Å²) in [6, 6.07) is 7.87. The Morgan fingerprint density at radius 1 is 1.08 bits per heavy atom. The number of nitrogens with two attached hydrogens (primary N) is 1. The molecule has 1 aromatic carbocycles. The number of ether oxygens (including phenoxy) is 4. The van der Waals surface area contributed by atoms with Gasteiger partial charge in [-0.25, -0.2) is 4.79 Å². The molecule has 282 valence electrons. The molecule has 3 rings (SSSR count). The van der Waals surface area contributed by atoms with E-state index in [9.17, 15) is 19.2 Å². The van der Waals surface area contributed by atoms with Crippen molar-refractivity contribution in [1.82, 2.24) is 15.1 Å². The number of benzene rings is 1. The Bertz CT molecular complexity index is 1280. The molecule has 0 spiro atoms. The molecule has 50 heavy (non-hydrogen) atoms. The number of rotatable bonds is 19. The minimum Gasteiger partial charge on any atom is -0.464 e. The van der Waals surface area contributed by atoms with Gasteiger partial charge in [0.25, 0.3) is 0 Å². The second-order valence-corrected chi connectivity index (χ2v) is 14.5. The summed E-state index contributed by atoms with van der Waals surface area (Å²) in [5.41, 5.74) is 6.09. The maximum absolute atomic E-state index is 14.1. The topological polar surface area (TPSA) is 153 Å². The lowest BCUT2D eigenvalue weighted by atomic mass is 9.89. The second-order valence-electron chi connectivity index (χ2n) is 14.5. The van der Waals surface area contributed by atoms with Gasteiger partial charge in [-0.2, -0.15) is 0 Å². The zero-order chi connectivity index (χ0) is 37.3. The summed E-state index contributed by atoms with van der Waals surface area (Å²) in [5.74, 6) is -1.62. The van der Waals surface area contributed by atoms with Gasteiger partial charge in [-0.3, -0.25) is 14.4 Å². The van der Waals surface area contributed by atoms with Gasteiger partial charge in [0, 0.05) is 27.8 Å². The third-order valence-corrected chi connectivity index (χ3v) is 10.8. The zero-order valence-electron chi connectivity index (χ0n) is 31.8. The smallest absolute Gasteiger partial charge is 0.340 e. The number of hydrogen-bond acceptors (Lipinski definition) is 9. The van der Waals surface area contributed by atoms with E-state index in [4.69, 9.17) is 24.7 Å². The summed E-state index contributed by atoms with van der Waals surface area (Å²) in [5, 5.41) is 3.15. The van der Waals surface area contributed by atoms with E-state index < -0.39 is 47.9 Å². The molecule has 12 nitrogen and oxygen atoms in total. The van der Waals surface area contributed by atoms with Crippen molar-refractivity contribution in [3.8, 4) is 0 Å². The number of carbonyl (C=O) groups excluding carboxylic acids is 4. The number of esters is 1. The van der Waals surface area contributed by atoms with E-state index in [1.54, 1.807) is 46.9 Å². The van der Waals surface area contributed by atoms with Crippen LogP contribution in [0.5, 0.6) is 0 Å². The van der Waals surface area contributed by atoms with E-state index in [1.807, 2.05) is 49.1 Å². The molecule has 0 saturated carbocycles. The Morgan fingerprint density at radius 3 is 2.30 bits per heavy atom. The number of epoxide rings is 1. The van der Waals surface area contributed by atoms with Crippen LogP contribution in [0.25, 0.3) is 0 Å². The van der Waals surface area contributed by atoms with Crippen molar-refractivity contribution >= 4 is 23.7 Å². The molecule has 2 aliphatic heterocycles. The first-order valence-electron chi connectivity index (χ1n) is 18.2. The molecular formula is C38H62N4O8. The Hall–Kier alpha value is -3.06. The lowest BCUT2D eigenvalue weighted by Gasteiger charge is -2.40. The number of amides is 3. The number of likely N-dealkylation sites (tertiary alicyclic amines) is 1. The Kier molecular flexibility index (Phi) is 15.3. The number of carbonyl (C=O) groups is 4. The molecule has 2 heterocycles. The Balaban J connectivity index is 1.78. The van der Waals surface area contributed by atoms with E-state index in [0.29, 0.717) is 19.4 Å². The summed E-state index contributed by atoms with van der Waals surface area (Å²) in [6.45, 7) is 13.9. The van der Waals surface area contributed by atoms with Crippen LogP contribution in [0, 0.1) is 17.8 Å². The normalized spacial score (nSPS) is 24.4. The predicted molar refractivity (Wildman–Crippen MR) is 191 cm³/mol. The molecule has 2 fully saturated rings.